The van der Waals surface area contributed by atoms with Crippen LogP contribution in [0.2, 0.25) is 0 Å². The molecule has 1 nitrogen and oxygen atoms in total. The molecule has 0 heterocycles. The minimum Gasteiger partial charge on any atom is -0.380 e. The van der Waals surface area contributed by atoms with Gasteiger partial charge in [0.2, 0.25) is 0 Å². The molecular formula is C20H22F4O. The van der Waals surface area contributed by atoms with Crippen molar-refractivity contribution in [1.29, 1.82) is 0 Å². The Bertz CT molecular complexity index is 690. The zero-order valence-corrected chi connectivity index (χ0v) is 14.8. The Balaban J connectivity index is 2.04. The average Bonchev–Trinajstić information content (AvgIpc) is 2.52. The summed E-state index contributed by atoms with van der Waals surface area (Å²) in [6.45, 7) is 8.00. The first kappa shape index (κ1) is 19.4. The molecule has 0 unspecified atom stereocenters. The lowest BCUT2D eigenvalue weighted by molar-refractivity contribution is 0.0631. The van der Waals surface area contributed by atoms with Crippen molar-refractivity contribution in [3.8, 4) is 0 Å². The van der Waals surface area contributed by atoms with Gasteiger partial charge in [0, 0.05) is 10.8 Å². The number of rotatable bonds is 6. The quantitative estimate of drug-likeness (QED) is 0.621. The van der Waals surface area contributed by atoms with Crippen LogP contribution in [0.1, 0.15) is 38.8 Å². The van der Waals surface area contributed by atoms with Gasteiger partial charge < -0.3 is 4.74 Å². The Morgan fingerprint density at radius 3 is 1.32 bits per heavy atom. The Kier molecular flexibility index (Phi) is 5.57. The molecule has 0 aliphatic heterocycles. The molecule has 25 heavy (non-hydrogen) atoms. The van der Waals surface area contributed by atoms with Crippen molar-refractivity contribution in [2.24, 2.45) is 0 Å². The smallest absolute Gasteiger partial charge is 0.159 e. The van der Waals surface area contributed by atoms with Crippen molar-refractivity contribution in [1.82, 2.24) is 0 Å². The van der Waals surface area contributed by atoms with Crippen LogP contribution in [0.4, 0.5) is 17.6 Å². The van der Waals surface area contributed by atoms with Gasteiger partial charge in [-0.1, -0.05) is 39.8 Å². The molecule has 0 aliphatic rings. The highest BCUT2D eigenvalue weighted by molar-refractivity contribution is 5.26. The van der Waals surface area contributed by atoms with Crippen molar-refractivity contribution >= 4 is 0 Å². The number of hydrogen-bond donors (Lipinski definition) is 0. The lowest BCUT2D eigenvalue weighted by Crippen LogP contribution is -2.30. The first-order valence-electron chi connectivity index (χ1n) is 8.02. The molecule has 5 heteroatoms. The summed E-state index contributed by atoms with van der Waals surface area (Å²) in [5.74, 6) is -3.57. The topological polar surface area (TPSA) is 9.23 Å². The van der Waals surface area contributed by atoms with E-state index in [1.54, 1.807) is 0 Å². The standard InChI is InChI=1S/C20H22F4O/c1-19(2,13-5-7-15(21)17(23)9-13)11-25-12-20(3,4)14-6-8-16(22)18(24)10-14/h5-10H,11-12H2,1-4H3. The van der Waals surface area contributed by atoms with Gasteiger partial charge >= 0.3 is 0 Å². The maximum absolute atomic E-state index is 13.4. The van der Waals surface area contributed by atoms with Crippen molar-refractivity contribution in [2.45, 2.75) is 38.5 Å². The van der Waals surface area contributed by atoms with Gasteiger partial charge in [-0.3, -0.25) is 0 Å². The van der Waals surface area contributed by atoms with E-state index in [4.69, 9.17) is 4.74 Å². The minimum atomic E-state index is -0.896. The Morgan fingerprint density at radius 2 is 1.00 bits per heavy atom. The fourth-order valence-corrected chi connectivity index (χ4v) is 2.56. The minimum absolute atomic E-state index is 0.269. The Hall–Kier alpha value is -1.88. The molecule has 0 aliphatic carbocycles. The maximum atomic E-state index is 13.4. The molecule has 136 valence electrons. The van der Waals surface area contributed by atoms with Crippen molar-refractivity contribution in [2.75, 3.05) is 13.2 Å². The van der Waals surface area contributed by atoms with Gasteiger partial charge in [-0.15, -0.1) is 0 Å². The SMILES string of the molecule is CC(C)(COCC(C)(C)c1ccc(F)c(F)c1)c1ccc(F)c(F)c1. The van der Waals surface area contributed by atoms with E-state index in [1.807, 2.05) is 27.7 Å². The number of hydrogen-bond acceptors (Lipinski definition) is 1. The fraction of sp³-hybridized carbons (Fsp3) is 0.400. The van der Waals surface area contributed by atoms with Gasteiger partial charge in [0.25, 0.3) is 0 Å². The third-order valence-corrected chi connectivity index (χ3v) is 4.33. The summed E-state index contributed by atoms with van der Waals surface area (Å²) in [6.07, 6.45) is 0. The highest BCUT2D eigenvalue weighted by Gasteiger charge is 2.26. The molecule has 0 aromatic heterocycles. The molecule has 0 spiro atoms. The van der Waals surface area contributed by atoms with E-state index < -0.39 is 34.1 Å². The predicted molar refractivity (Wildman–Crippen MR) is 89.6 cm³/mol. The third-order valence-electron chi connectivity index (χ3n) is 4.33. The number of halogens is 4. The zero-order chi connectivity index (χ0) is 18.8. The van der Waals surface area contributed by atoms with Gasteiger partial charge in [0.15, 0.2) is 23.3 Å². The molecule has 0 bridgehead atoms. The summed E-state index contributed by atoms with van der Waals surface area (Å²) in [7, 11) is 0. The number of ether oxygens (including phenoxy) is 1. The third kappa shape index (κ3) is 4.60. The van der Waals surface area contributed by atoms with Crippen LogP contribution in [0.25, 0.3) is 0 Å². The van der Waals surface area contributed by atoms with E-state index in [0.717, 1.165) is 12.1 Å². The zero-order valence-electron chi connectivity index (χ0n) is 14.8. The second-order valence-corrected chi connectivity index (χ2v) is 7.52. The highest BCUT2D eigenvalue weighted by Crippen LogP contribution is 2.28. The van der Waals surface area contributed by atoms with Crippen LogP contribution in [-0.2, 0) is 15.6 Å². The molecular weight excluding hydrogens is 332 g/mol. The monoisotopic (exact) mass is 354 g/mol. The van der Waals surface area contributed by atoms with Crippen molar-refractivity contribution < 1.29 is 22.3 Å². The molecule has 0 radical (unpaired) electrons. The van der Waals surface area contributed by atoms with Crippen LogP contribution in [0, 0.1) is 23.3 Å². The van der Waals surface area contributed by atoms with E-state index in [2.05, 4.69) is 0 Å². The van der Waals surface area contributed by atoms with Gasteiger partial charge in [-0.05, 0) is 35.4 Å². The first-order chi connectivity index (χ1) is 11.5. The lowest BCUT2D eigenvalue weighted by atomic mass is 9.84. The summed E-state index contributed by atoms with van der Waals surface area (Å²) < 4.78 is 58.8. The molecule has 0 amide bonds. The Morgan fingerprint density at radius 1 is 0.640 bits per heavy atom. The van der Waals surface area contributed by atoms with Gasteiger partial charge in [0.05, 0.1) is 13.2 Å². The molecule has 2 rings (SSSR count). The van der Waals surface area contributed by atoms with Crippen LogP contribution in [0.5, 0.6) is 0 Å². The molecule has 0 saturated heterocycles. The van der Waals surface area contributed by atoms with E-state index >= 15 is 0 Å². The molecule has 2 aromatic rings. The summed E-state index contributed by atoms with van der Waals surface area (Å²) in [5, 5.41) is 0. The van der Waals surface area contributed by atoms with Gasteiger partial charge in [-0.2, -0.15) is 0 Å². The molecule has 2 aromatic carbocycles. The largest absolute Gasteiger partial charge is 0.380 e. The van der Waals surface area contributed by atoms with E-state index in [-0.39, 0.29) is 13.2 Å². The summed E-state index contributed by atoms with van der Waals surface area (Å²) >= 11 is 0. The predicted octanol–water partition coefficient (Wildman–Crippen LogP) is 5.52. The van der Waals surface area contributed by atoms with Gasteiger partial charge in [0.1, 0.15) is 0 Å². The highest BCUT2D eigenvalue weighted by atomic mass is 19.2. The normalized spacial score (nSPS) is 12.5. The van der Waals surface area contributed by atoms with Crippen molar-refractivity contribution in [3.63, 3.8) is 0 Å². The van der Waals surface area contributed by atoms with Crippen LogP contribution in [-0.4, -0.2) is 13.2 Å². The Labute approximate surface area is 145 Å². The average molecular weight is 354 g/mol. The van der Waals surface area contributed by atoms with Gasteiger partial charge in [-0.25, -0.2) is 17.6 Å². The van der Waals surface area contributed by atoms with Crippen LogP contribution in [0.15, 0.2) is 36.4 Å². The van der Waals surface area contributed by atoms with Crippen LogP contribution >= 0.6 is 0 Å². The summed E-state index contributed by atoms with van der Waals surface area (Å²) in [4.78, 5) is 0. The van der Waals surface area contributed by atoms with E-state index in [0.29, 0.717) is 11.1 Å². The summed E-state index contributed by atoms with van der Waals surface area (Å²) in [5.41, 5.74) is 0.186. The second kappa shape index (κ2) is 7.16. The fourth-order valence-electron chi connectivity index (χ4n) is 2.56. The van der Waals surface area contributed by atoms with Crippen LogP contribution < -0.4 is 0 Å². The van der Waals surface area contributed by atoms with Crippen molar-refractivity contribution in [3.05, 3.63) is 70.8 Å². The number of benzene rings is 2. The van der Waals surface area contributed by atoms with E-state index in [1.165, 1.54) is 24.3 Å². The molecule has 0 fully saturated rings. The second-order valence-electron chi connectivity index (χ2n) is 7.52. The summed E-state index contributed by atoms with van der Waals surface area (Å²) in [6, 6.07) is 7.58. The first-order valence-corrected chi connectivity index (χ1v) is 8.02. The maximum Gasteiger partial charge on any atom is 0.159 e. The lowest BCUT2D eigenvalue weighted by Gasteiger charge is -2.30. The van der Waals surface area contributed by atoms with Crippen LogP contribution in [0.3, 0.4) is 0 Å². The molecule has 0 saturated carbocycles. The molecule has 0 N–H and O–H groups in total. The van der Waals surface area contributed by atoms with E-state index in [9.17, 15) is 17.6 Å². The molecule has 0 atom stereocenters.